The van der Waals surface area contributed by atoms with Gasteiger partial charge in [-0.1, -0.05) is 19.3 Å². The predicted molar refractivity (Wildman–Crippen MR) is 109 cm³/mol. The monoisotopic (exact) mass is 415 g/mol. The van der Waals surface area contributed by atoms with Crippen molar-refractivity contribution in [1.29, 1.82) is 0 Å². The van der Waals surface area contributed by atoms with Crippen molar-refractivity contribution in [3.8, 4) is 0 Å². The van der Waals surface area contributed by atoms with Crippen molar-refractivity contribution < 1.29 is 13.2 Å². The van der Waals surface area contributed by atoms with Crippen molar-refractivity contribution in [2.75, 3.05) is 13.6 Å². The third-order valence-corrected chi connectivity index (χ3v) is 7.57. The summed E-state index contributed by atoms with van der Waals surface area (Å²) >= 11 is 0. The number of halogens is 1. The first kappa shape index (κ1) is 22.1. The van der Waals surface area contributed by atoms with Crippen molar-refractivity contribution in [2.24, 2.45) is 11.7 Å². The van der Waals surface area contributed by atoms with Gasteiger partial charge in [0.2, 0.25) is 10.0 Å². The van der Waals surface area contributed by atoms with E-state index in [2.05, 4.69) is 5.32 Å². The zero-order valence-corrected chi connectivity index (χ0v) is 17.4. The molecular formula is C19H30ClN3O3S. The Morgan fingerprint density at radius 1 is 1.15 bits per heavy atom. The molecule has 2 saturated carbocycles. The zero-order valence-electron chi connectivity index (χ0n) is 15.8. The third kappa shape index (κ3) is 5.22. The molecule has 1 atom stereocenters. The number of nitrogens with one attached hydrogen (secondary N) is 1. The normalized spacial score (nSPS) is 19.4. The summed E-state index contributed by atoms with van der Waals surface area (Å²) in [6.07, 6.45) is 7.37. The highest BCUT2D eigenvalue weighted by molar-refractivity contribution is 7.89. The molecule has 152 valence electrons. The number of amides is 1. The van der Waals surface area contributed by atoms with E-state index in [4.69, 9.17) is 5.73 Å². The average Bonchev–Trinajstić information content (AvgIpc) is 3.51. The molecule has 8 heteroatoms. The first-order valence-corrected chi connectivity index (χ1v) is 11.0. The molecule has 1 aromatic rings. The molecule has 2 aliphatic carbocycles. The number of benzene rings is 1. The van der Waals surface area contributed by atoms with Gasteiger partial charge in [0, 0.05) is 31.2 Å². The van der Waals surface area contributed by atoms with Gasteiger partial charge in [-0.05, 0) is 55.9 Å². The van der Waals surface area contributed by atoms with E-state index in [9.17, 15) is 13.2 Å². The standard InChI is InChI=1S/C19H29N3O3S.ClH/c1-22(16-5-3-2-4-6-16)26(24,25)17-11-9-15(10-12-17)19(23)21-18(13-20)14-7-8-14;/h9-12,14,16,18H,2-8,13,20H2,1H3,(H,21,23);1H. The molecule has 27 heavy (non-hydrogen) atoms. The van der Waals surface area contributed by atoms with E-state index < -0.39 is 10.0 Å². The van der Waals surface area contributed by atoms with Gasteiger partial charge in [-0.25, -0.2) is 8.42 Å². The Morgan fingerprint density at radius 2 is 1.74 bits per heavy atom. The number of carbonyl (C=O) groups is 1. The van der Waals surface area contributed by atoms with Crippen molar-refractivity contribution >= 4 is 28.3 Å². The van der Waals surface area contributed by atoms with E-state index in [0.29, 0.717) is 18.0 Å². The Hall–Kier alpha value is -1.15. The lowest BCUT2D eigenvalue weighted by Gasteiger charge is -2.30. The van der Waals surface area contributed by atoms with Gasteiger partial charge in [0.1, 0.15) is 0 Å². The molecule has 1 unspecified atom stereocenters. The third-order valence-electron chi connectivity index (χ3n) is 5.64. The average molecular weight is 416 g/mol. The topological polar surface area (TPSA) is 92.5 Å². The second-order valence-corrected chi connectivity index (χ2v) is 9.49. The van der Waals surface area contributed by atoms with E-state index >= 15 is 0 Å². The highest BCUT2D eigenvalue weighted by atomic mass is 35.5. The van der Waals surface area contributed by atoms with Crippen molar-refractivity contribution in [1.82, 2.24) is 9.62 Å². The van der Waals surface area contributed by atoms with Crippen LogP contribution in [0.4, 0.5) is 0 Å². The summed E-state index contributed by atoms with van der Waals surface area (Å²) in [5.74, 6) is 0.282. The molecule has 6 nitrogen and oxygen atoms in total. The van der Waals surface area contributed by atoms with Gasteiger partial charge in [0.15, 0.2) is 0 Å². The van der Waals surface area contributed by atoms with Gasteiger partial charge in [-0.2, -0.15) is 4.31 Å². The summed E-state index contributed by atoms with van der Waals surface area (Å²) in [5, 5.41) is 2.95. The fourth-order valence-corrected chi connectivity index (χ4v) is 5.12. The van der Waals surface area contributed by atoms with Crippen LogP contribution in [0.5, 0.6) is 0 Å². The number of nitrogens with zero attached hydrogens (tertiary/aromatic N) is 1. The molecule has 0 aromatic heterocycles. The lowest BCUT2D eigenvalue weighted by Crippen LogP contribution is -2.41. The first-order chi connectivity index (χ1) is 12.4. The second kappa shape index (κ2) is 9.37. The van der Waals surface area contributed by atoms with Crippen LogP contribution < -0.4 is 11.1 Å². The fraction of sp³-hybridized carbons (Fsp3) is 0.632. The summed E-state index contributed by atoms with van der Waals surface area (Å²) in [6.45, 7) is 0.426. The molecule has 0 radical (unpaired) electrons. The predicted octanol–water partition coefficient (Wildman–Crippen LogP) is 2.53. The number of nitrogens with two attached hydrogens (primary N) is 1. The zero-order chi connectivity index (χ0) is 18.7. The number of rotatable bonds is 7. The Bertz CT molecular complexity index is 729. The quantitative estimate of drug-likeness (QED) is 0.715. The molecule has 2 aliphatic rings. The molecule has 0 bridgehead atoms. The van der Waals surface area contributed by atoms with Gasteiger partial charge in [0.25, 0.3) is 5.91 Å². The molecule has 0 saturated heterocycles. The van der Waals surface area contributed by atoms with Gasteiger partial charge in [0.05, 0.1) is 4.90 Å². The lowest BCUT2D eigenvalue weighted by molar-refractivity contribution is 0.0933. The van der Waals surface area contributed by atoms with Gasteiger partial charge in [-0.3, -0.25) is 4.79 Å². The van der Waals surface area contributed by atoms with E-state index in [-0.39, 0.29) is 35.3 Å². The van der Waals surface area contributed by atoms with Crippen LogP contribution in [0.15, 0.2) is 29.2 Å². The number of sulfonamides is 1. The smallest absolute Gasteiger partial charge is 0.251 e. The highest BCUT2D eigenvalue weighted by Gasteiger charge is 2.32. The maximum Gasteiger partial charge on any atom is 0.251 e. The van der Waals surface area contributed by atoms with Gasteiger partial charge < -0.3 is 11.1 Å². The van der Waals surface area contributed by atoms with Crippen molar-refractivity contribution in [3.63, 3.8) is 0 Å². The van der Waals surface area contributed by atoms with Crippen LogP contribution >= 0.6 is 12.4 Å². The van der Waals surface area contributed by atoms with Crippen molar-refractivity contribution in [2.45, 2.75) is 61.9 Å². The Kier molecular flexibility index (Phi) is 7.68. The van der Waals surface area contributed by atoms with E-state index in [0.717, 1.165) is 38.5 Å². The fourth-order valence-electron chi connectivity index (χ4n) is 3.70. The number of hydrogen-bond donors (Lipinski definition) is 2. The molecule has 0 heterocycles. The van der Waals surface area contributed by atoms with E-state index in [1.165, 1.54) is 22.9 Å². The minimum Gasteiger partial charge on any atom is -0.348 e. The summed E-state index contributed by atoms with van der Waals surface area (Å²) < 4.78 is 27.2. The molecule has 1 amide bonds. The van der Waals surface area contributed by atoms with Crippen LogP contribution in [0.1, 0.15) is 55.3 Å². The van der Waals surface area contributed by atoms with Crippen LogP contribution in [-0.2, 0) is 10.0 Å². The number of hydrogen-bond acceptors (Lipinski definition) is 4. The number of carbonyl (C=O) groups excluding carboxylic acids is 1. The Balaban J connectivity index is 0.00000261. The molecule has 1 aromatic carbocycles. The molecule has 3 rings (SSSR count). The van der Waals surface area contributed by atoms with Crippen LogP contribution in [-0.4, -0.2) is 44.3 Å². The lowest BCUT2D eigenvalue weighted by atomic mass is 9.96. The minimum atomic E-state index is -3.53. The minimum absolute atomic E-state index is 0. The first-order valence-electron chi connectivity index (χ1n) is 9.52. The van der Waals surface area contributed by atoms with E-state index in [1.807, 2.05) is 0 Å². The summed E-state index contributed by atoms with van der Waals surface area (Å²) in [5.41, 5.74) is 6.19. The van der Waals surface area contributed by atoms with Crippen LogP contribution in [0.25, 0.3) is 0 Å². The Labute approximate surface area is 168 Å². The highest BCUT2D eigenvalue weighted by Crippen LogP contribution is 2.32. The van der Waals surface area contributed by atoms with Gasteiger partial charge >= 0.3 is 0 Å². The molecular weight excluding hydrogens is 386 g/mol. The summed E-state index contributed by atoms with van der Waals surface area (Å²) in [7, 11) is -1.87. The van der Waals surface area contributed by atoms with Crippen LogP contribution in [0.3, 0.4) is 0 Å². The largest absolute Gasteiger partial charge is 0.348 e. The maximum absolute atomic E-state index is 12.8. The Morgan fingerprint density at radius 3 is 2.26 bits per heavy atom. The molecule has 2 fully saturated rings. The molecule has 0 spiro atoms. The SMILES string of the molecule is CN(C1CCCCC1)S(=O)(=O)c1ccc(C(=O)NC(CN)C2CC2)cc1.Cl. The van der Waals surface area contributed by atoms with Crippen LogP contribution in [0, 0.1) is 5.92 Å². The molecule has 0 aliphatic heterocycles. The summed E-state index contributed by atoms with van der Waals surface area (Å²) in [4.78, 5) is 12.6. The maximum atomic E-state index is 12.8. The second-order valence-electron chi connectivity index (χ2n) is 7.49. The molecule has 3 N–H and O–H groups in total. The van der Waals surface area contributed by atoms with Crippen LogP contribution in [0.2, 0.25) is 0 Å². The van der Waals surface area contributed by atoms with Gasteiger partial charge in [-0.15, -0.1) is 12.4 Å². The van der Waals surface area contributed by atoms with Crippen molar-refractivity contribution in [3.05, 3.63) is 29.8 Å². The van der Waals surface area contributed by atoms with E-state index in [1.54, 1.807) is 19.2 Å². The summed E-state index contributed by atoms with van der Waals surface area (Å²) in [6, 6.07) is 6.29.